The molecule has 2 amide bonds. The summed E-state index contributed by atoms with van der Waals surface area (Å²) in [5, 5.41) is 5.54. The number of urea groups is 1. The lowest BCUT2D eigenvalue weighted by Gasteiger charge is -2.34. The summed E-state index contributed by atoms with van der Waals surface area (Å²) in [6.07, 6.45) is 2.14. The zero-order valence-electron chi connectivity index (χ0n) is 20.2. The second kappa shape index (κ2) is 11.7. The van der Waals surface area contributed by atoms with E-state index in [2.05, 4.69) is 42.6 Å². The molecule has 0 aliphatic carbocycles. The Morgan fingerprint density at radius 2 is 2.06 bits per heavy atom. The molecule has 1 aromatic carbocycles. The Morgan fingerprint density at radius 1 is 1.30 bits per heavy atom. The Morgan fingerprint density at radius 3 is 2.73 bits per heavy atom. The molecule has 1 aliphatic heterocycles. The molecule has 8 nitrogen and oxygen atoms in total. The summed E-state index contributed by atoms with van der Waals surface area (Å²) < 4.78 is 11.8. The van der Waals surface area contributed by atoms with Gasteiger partial charge in [0.2, 0.25) is 0 Å². The third kappa shape index (κ3) is 7.31. The zero-order chi connectivity index (χ0) is 23.8. The van der Waals surface area contributed by atoms with Gasteiger partial charge in [-0.05, 0) is 63.7 Å². The van der Waals surface area contributed by atoms with Gasteiger partial charge in [0, 0.05) is 30.4 Å². The number of thiol groups is 1. The number of hydrogen-bond donors (Lipinski definition) is 2. The van der Waals surface area contributed by atoms with Crippen LogP contribution in [-0.2, 0) is 27.8 Å². The number of hydrogen-bond acceptors (Lipinski definition) is 6. The molecule has 3 rings (SSSR count). The summed E-state index contributed by atoms with van der Waals surface area (Å²) in [5.74, 6) is 2.48. The fourth-order valence-corrected chi connectivity index (χ4v) is 4.49. The number of ether oxygens (including phenoxy) is 2. The highest BCUT2D eigenvalue weighted by Crippen LogP contribution is 2.25. The molecule has 1 aliphatic rings. The van der Waals surface area contributed by atoms with Crippen LogP contribution in [0.1, 0.15) is 33.4 Å². The van der Waals surface area contributed by atoms with E-state index in [9.17, 15) is 4.79 Å². The van der Waals surface area contributed by atoms with Gasteiger partial charge in [-0.15, -0.1) is 0 Å². The number of carbonyl (C=O) groups excluding carboxylic acids is 1. The van der Waals surface area contributed by atoms with Crippen LogP contribution in [-0.4, -0.2) is 66.0 Å². The molecule has 0 radical (unpaired) electrons. The largest absolute Gasteiger partial charge is 0.377 e. The van der Waals surface area contributed by atoms with Gasteiger partial charge in [-0.25, -0.2) is 14.8 Å². The van der Waals surface area contributed by atoms with Gasteiger partial charge in [0.25, 0.3) is 0 Å². The molecule has 1 fully saturated rings. The summed E-state index contributed by atoms with van der Waals surface area (Å²) in [7, 11) is 0. The molecular weight excluding hydrogens is 438 g/mol. The van der Waals surface area contributed by atoms with E-state index in [0.29, 0.717) is 37.9 Å². The van der Waals surface area contributed by atoms with Gasteiger partial charge < -0.3 is 25.0 Å². The predicted octanol–water partition coefficient (Wildman–Crippen LogP) is 3.25. The first kappa shape index (κ1) is 25.3. The van der Waals surface area contributed by atoms with E-state index in [0.717, 1.165) is 29.4 Å². The van der Waals surface area contributed by atoms with Crippen molar-refractivity contribution in [3.63, 3.8) is 0 Å². The van der Waals surface area contributed by atoms with Gasteiger partial charge >= 0.3 is 6.03 Å². The van der Waals surface area contributed by atoms with E-state index >= 15 is 0 Å². The van der Waals surface area contributed by atoms with Gasteiger partial charge in [-0.1, -0.05) is 0 Å². The molecule has 0 spiro atoms. The number of benzene rings is 1. The number of morpholine rings is 1. The van der Waals surface area contributed by atoms with Gasteiger partial charge in [0.1, 0.15) is 17.2 Å². The lowest BCUT2D eigenvalue weighted by Crippen LogP contribution is -2.44. The van der Waals surface area contributed by atoms with Crippen LogP contribution in [0, 0.1) is 0 Å². The summed E-state index contributed by atoms with van der Waals surface area (Å²) in [6, 6.07) is 9.60. The second-order valence-electron chi connectivity index (χ2n) is 8.74. The van der Waals surface area contributed by atoms with Crippen LogP contribution in [0.5, 0.6) is 0 Å². The molecule has 33 heavy (non-hydrogen) atoms. The van der Waals surface area contributed by atoms with Crippen LogP contribution in [0.15, 0.2) is 30.3 Å². The normalized spacial score (nSPS) is 16.5. The topological polar surface area (TPSA) is 88.6 Å². The molecule has 1 aromatic heterocycles. The van der Waals surface area contributed by atoms with E-state index in [1.54, 1.807) is 0 Å². The molecule has 2 aromatic rings. The Labute approximate surface area is 200 Å². The van der Waals surface area contributed by atoms with Crippen molar-refractivity contribution in [1.82, 2.24) is 15.3 Å². The number of rotatable bonds is 9. The number of carbonyl (C=O) groups is 1. The molecule has 0 saturated carbocycles. The molecule has 2 heterocycles. The summed E-state index contributed by atoms with van der Waals surface area (Å²) in [6.45, 7) is 11.4. The van der Waals surface area contributed by atoms with Crippen molar-refractivity contribution in [2.45, 2.75) is 45.9 Å². The summed E-state index contributed by atoms with van der Waals surface area (Å²) in [5.41, 5.74) is 2.22. The van der Waals surface area contributed by atoms with Crippen molar-refractivity contribution in [3.05, 3.63) is 36.0 Å². The van der Waals surface area contributed by atoms with Gasteiger partial charge in [-0.3, -0.25) is 0 Å². The Balaban J connectivity index is 1.87. The number of aromatic nitrogens is 2. The van der Waals surface area contributed by atoms with E-state index in [-0.39, 0.29) is 17.7 Å². The first-order valence-corrected chi connectivity index (χ1v) is 12.9. The molecular formula is C24H36N5O3S+. The van der Waals surface area contributed by atoms with Crippen molar-refractivity contribution < 1.29 is 14.3 Å². The summed E-state index contributed by atoms with van der Waals surface area (Å²) in [4.78, 5) is 23.7. The smallest absolute Gasteiger partial charge is 0.319 e. The van der Waals surface area contributed by atoms with E-state index in [4.69, 9.17) is 19.4 Å². The van der Waals surface area contributed by atoms with Crippen molar-refractivity contribution >= 4 is 29.3 Å². The first-order chi connectivity index (χ1) is 15.8. The highest BCUT2D eigenvalue weighted by Gasteiger charge is 2.24. The van der Waals surface area contributed by atoms with Gasteiger partial charge in [-0.2, -0.15) is 0 Å². The maximum absolute atomic E-state index is 11.8. The van der Waals surface area contributed by atoms with E-state index < -0.39 is 0 Å². The lowest BCUT2D eigenvalue weighted by atomic mass is 10.1. The molecule has 0 unspecified atom stereocenters. The minimum Gasteiger partial charge on any atom is -0.377 e. The molecule has 1 atom stereocenters. The molecule has 0 bridgehead atoms. The van der Waals surface area contributed by atoms with Crippen LogP contribution in [0.4, 0.5) is 16.3 Å². The number of anilines is 2. The SMILES string of the molecule is CCNC(=O)Nc1ccc(-c2nc(COC(C)(C)C[SH+]C)cc(N3CCOC[C@@H]3C)n2)cc1. The van der Waals surface area contributed by atoms with E-state index in [1.807, 2.05) is 37.3 Å². The minimum atomic E-state index is -0.224. The average Bonchev–Trinajstić information content (AvgIpc) is 2.78. The van der Waals surface area contributed by atoms with Crippen LogP contribution >= 0.6 is 0 Å². The average molecular weight is 475 g/mol. The second-order valence-corrected chi connectivity index (χ2v) is 9.69. The van der Waals surface area contributed by atoms with Crippen molar-refractivity contribution in [3.8, 4) is 11.4 Å². The Hall–Kier alpha value is -2.36. The van der Waals surface area contributed by atoms with E-state index in [1.165, 1.54) is 11.8 Å². The molecule has 2 N–H and O–H groups in total. The van der Waals surface area contributed by atoms with Crippen LogP contribution < -0.4 is 15.5 Å². The first-order valence-electron chi connectivity index (χ1n) is 11.4. The van der Waals surface area contributed by atoms with Crippen molar-refractivity contribution in [2.75, 3.05) is 48.5 Å². The highest BCUT2D eigenvalue weighted by atomic mass is 32.2. The summed E-state index contributed by atoms with van der Waals surface area (Å²) >= 11 is 1.30. The van der Waals surface area contributed by atoms with Crippen molar-refractivity contribution in [2.24, 2.45) is 0 Å². The fourth-order valence-electron chi connectivity index (χ4n) is 3.63. The van der Waals surface area contributed by atoms with Gasteiger partial charge in [0.15, 0.2) is 5.82 Å². The maximum atomic E-state index is 11.8. The fraction of sp³-hybridized carbons (Fsp3) is 0.542. The number of nitrogens with one attached hydrogen (secondary N) is 2. The monoisotopic (exact) mass is 474 g/mol. The molecule has 9 heteroatoms. The Kier molecular flexibility index (Phi) is 8.94. The maximum Gasteiger partial charge on any atom is 0.319 e. The third-order valence-electron chi connectivity index (χ3n) is 5.32. The predicted molar refractivity (Wildman–Crippen MR) is 136 cm³/mol. The lowest BCUT2D eigenvalue weighted by molar-refractivity contribution is -0.0129. The number of amides is 2. The molecule has 1 saturated heterocycles. The highest BCUT2D eigenvalue weighted by molar-refractivity contribution is 7.77. The quantitative estimate of drug-likeness (QED) is 0.428. The van der Waals surface area contributed by atoms with Crippen LogP contribution in [0.2, 0.25) is 0 Å². The van der Waals surface area contributed by atoms with Gasteiger partial charge in [0.05, 0.1) is 37.8 Å². The van der Waals surface area contributed by atoms with Crippen LogP contribution in [0.25, 0.3) is 11.4 Å². The molecule has 180 valence electrons. The third-order valence-corrected chi connectivity index (χ3v) is 6.39. The van der Waals surface area contributed by atoms with Crippen molar-refractivity contribution in [1.29, 1.82) is 0 Å². The standard InChI is InChI=1S/C24H35N5O3S/c1-6-25-23(30)27-19-9-7-18(8-10-19)22-26-20(15-32-24(3,4)16-33-5)13-21(28-22)29-11-12-31-14-17(29)2/h7-10,13,17H,6,11-12,14-16H2,1-5H3,(H2,25,27,30)/p+1/t17-/m0/s1. The minimum absolute atomic E-state index is 0.222. The zero-order valence-corrected chi connectivity index (χ0v) is 21.1. The van der Waals surface area contributed by atoms with Crippen LogP contribution in [0.3, 0.4) is 0 Å². The Bertz CT molecular complexity index is 923. The number of nitrogens with zero attached hydrogens (tertiary/aromatic N) is 3.